The molecule has 0 aliphatic carbocycles. The van der Waals surface area contributed by atoms with Gasteiger partial charge in [0, 0.05) is 18.3 Å². The number of carbonyl (C=O) groups excluding carboxylic acids is 1. The number of alkyl halides is 3. The van der Waals surface area contributed by atoms with Gasteiger partial charge in [-0.2, -0.15) is 13.2 Å². The van der Waals surface area contributed by atoms with Crippen LogP contribution < -0.4 is 5.32 Å². The molecule has 2 aliphatic heterocycles. The van der Waals surface area contributed by atoms with E-state index in [4.69, 9.17) is 0 Å². The van der Waals surface area contributed by atoms with E-state index in [1.807, 2.05) is 0 Å². The minimum atomic E-state index is -4.40. The van der Waals surface area contributed by atoms with Crippen LogP contribution in [0.5, 0.6) is 0 Å². The Morgan fingerprint density at radius 3 is 2.68 bits per heavy atom. The number of rotatable bonds is 1. The largest absolute Gasteiger partial charge is 0.416 e. The van der Waals surface area contributed by atoms with Crippen LogP contribution in [-0.2, 0) is 16.4 Å². The molecule has 1 aromatic rings. The first-order valence-corrected chi connectivity index (χ1v) is 7.51. The maximum atomic E-state index is 12.8. The van der Waals surface area contributed by atoms with E-state index in [0.29, 0.717) is 30.3 Å². The third-order valence-electron chi connectivity index (χ3n) is 4.80. The highest BCUT2D eigenvalue weighted by atomic mass is 19.4. The fourth-order valence-electron chi connectivity index (χ4n) is 3.54. The average molecular weight is 312 g/mol. The lowest BCUT2D eigenvalue weighted by Crippen LogP contribution is -2.51. The topological polar surface area (TPSA) is 32.3 Å². The summed E-state index contributed by atoms with van der Waals surface area (Å²) in [6.45, 7) is 5.62. The van der Waals surface area contributed by atoms with E-state index >= 15 is 0 Å². The number of hydrogen-bond acceptors (Lipinski definition) is 2. The van der Waals surface area contributed by atoms with Gasteiger partial charge in [-0.05, 0) is 50.9 Å². The molecular formula is C16H19F3N2O. The van der Waals surface area contributed by atoms with Crippen LogP contribution in [0.4, 0.5) is 18.9 Å². The lowest BCUT2D eigenvalue weighted by Gasteiger charge is -2.41. The molecule has 1 fully saturated rings. The smallest absolute Gasteiger partial charge is 0.325 e. The van der Waals surface area contributed by atoms with Gasteiger partial charge in [0.15, 0.2) is 0 Å². The molecule has 6 heteroatoms. The lowest BCUT2D eigenvalue weighted by molar-refractivity contribution is -0.137. The number of halogens is 3. The van der Waals surface area contributed by atoms with Gasteiger partial charge in [0.2, 0.25) is 5.91 Å². The molecule has 0 bridgehead atoms. The number of hydrogen-bond donors (Lipinski definition) is 1. The normalized spacial score (nSPS) is 25.6. The zero-order valence-electron chi connectivity index (χ0n) is 12.6. The fraction of sp³-hybridized carbons (Fsp3) is 0.562. The van der Waals surface area contributed by atoms with Gasteiger partial charge in [-0.3, -0.25) is 9.69 Å². The standard InChI is InChI=1S/C16H19F3N2O/c1-10(2)21-7-3-6-15(9-21)12-5-4-11(16(17,18)19)8-13(12)20-14(15)22/h4-5,8,10H,3,6-7,9H2,1-2H3,(H,20,22). The molecule has 0 radical (unpaired) electrons. The highest BCUT2D eigenvalue weighted by molar-refractivity contribution is 6.06. The highest BCUT2D eigenvalue weighted by Gasteiger charge is 2.50. The Balaban J connectivity index is 2.01. The maximum absolute atomic E-state index is 12.8. The predicted octanol–water partition coefficient (Wildman–Crippen LogP) is 3.40. The van der Waals surface area contributed by atoms with Gasteiger partial charge in [-0.25, -0.2) is 0 Å². The van der Waals surface area contributed by atoms with Crippen LogP contribution in [0.2, 0.25) is 0 Å². The maximum Gasteiger partial charge on any atom is 0.416 e. The predicted molar refractivity (Wildman–Crippen MR) is 77.7 cm³/mol. The van der Waals surface area contributed by atoms with Crippen molar-refractivity contribution >= 4 is 11.6 Å². The third-order valence-corrected chi connectivity index (χ3v) is 4.80. The summed E-state index contributed by atoms with van der Waals surface area (Å²) in [5.74, 6) is -0.174. The zero-order chi connectivity index (χ0) is 16.1. The van der Waals surface area contributed by atoms with E-state index < -0.39 is 17.2 Å². The van der Waals surface area contributed by atoms with E-state index in [1.54, 1.807) is 0 Å². The van der Waals surface area contributed by atoms with Crippen LogP contribution >= 0.6 is 0 Å². The molecule has 1 spiro atoms. The Morgan fingerprint density at radius 2 is 2.05 bits per heavy atom. The van der Waals surface area contributed by atoms with Crippen LogP contribution in [0.25, 0.3) is 0 Å². The number of carbonyl (C=O) groups is 1. The summed E-state index contributed by atoms with van der Waals surface area (Å²) < 4.78 is 38.5. The van der Waals surface area contributed by atoms with E-state index in [2.05, 4.69) is 24.1 Å². The molecule has 0 aromatic heterocycles. The number of fused-ring (bicyclic) bond motifs is 2. The van der Waals surface area contributed by atoms with Crippen molar-refractivity contribution in [2.45, 2.75) is 44.3 Å². The summed E-state index contributed by atoms with van der Waals surface area (Å²) in [5.41, 5.74) is -0.413. The van der Waals surface area contributed by atoms with Crippen LogP contribution in [0.3, 0.4) is 0 Å². The van der Waals surface area contributed by atoms with Crippen LogP contribution in [-0.4, -0.2) is 29.9 Å². The third kappa shape index (κ3) is 2.29. The lowest BCUT2D eigenvalue weighted by atomic mass is 9.74. The molecule has 0 saturated carbocycles. The molecule has 2 aliphatic rings. The second-order valence-corrected chi connectivity index (χ2v) is 6.46. The first-order chi connectivity index (χ1) is 10.2. The molecule has 22 heavy (non-hydrogen) atoms. The molecule has 3 nitrogen and oxygen atoms in total. The minimum absolute atomic E-state index is 0.174. The van der Waals surface area contributed by atoms with Gasteiger partial charge >= 0.3 is 6.18 Å². The quantitative estimate of drug-likeness (QED) is 0.862. The SMILES string of the molecule is CC(C)N1CCCC2(C1)C(=O)Nc1cc(C(F)(F)F)ccc12. The van der Waals surface area contributed by atoms with Crippen LogP contribution in [0, 0.1) is 0 Å². The van der Waals surface area contributed by atoms with Crippen LogP contribution in [0.15, 0.2) is 18.2 Å². The van der Waals surface area contributed by atoms with Crippen molar-refractivity contribution in [1.29, 1.82) is 0 Å². The van der Waals surface area contributed by atoms with Crippen LogP contribution in [0.1, 0.15) is 37.8 Å². The zero-order valence-corrected chi connectivity index (χ0v) is 12.6. The van der Waals surface area contributed by atoms with E-state index in [9.17, 15) is 18.0 Å². The Morgan fingerprint density at radius 1 is 1.32 bits per heavy atom. The number of likely N-dealkylation sites (tertiary alicyclic amines) is 1. The Kier molecular flexibility index (Phi) is 3.47. The second kappa shape index (κ2) is 4.98. The van der Waals surface area contributed by atoms with Gasteiger partial charge in [-0.1, -0.05) is 6.07 Å². The Bertz CT molecular complexity index is 612. The van der Waals surface area contributed by atoms with Gasteiger partial charge in [-0.15, -0.1) is 0 Å². The summed E-state index contributed by atoms with van der Waals surface area (Å²) in [7, 11) is 0. The summed E-state index contributed by atoms with van der Waals surface area (Å²) in [6, 6.07) is 3.91. The van der Waals surface area contributed by atoms with E-state index in [-0.39, 0.29) is 5.91 Å². The molecule has 1 amide bonds. The number of benzene rings is 1. The molecule has 3 rings (SSSR count). The molecule has 1 saturated heterocycles. The van der Waals surface area contributed by atoms with Crippen molar-refractivity contribution in [1.82, 2.24) is 4.90 Å². The number of anilines is 1. The fourth-order valence-corrected chi connectivity index (χ4v) is 3.54. The van der Waals surface area contributed by atoms with Crippen molar-refractivity contribution in [3.8, 4) is 0 Å². The first-order valence-electron chi connectivity index (χ1n) is 7.51. The highest BCUT2D eigenvalue weighted by Crippen LogP contribution is 2.45. The van der Waals surface area contributed by atoms with E-state index in [0.717, 1.165) is 25.1 Å². The van der Waals surface area contributed by atoms with E-state index in [1.165, 1.54) is 6.07 Å². The summed E-state index contributed by atoms with van der Waals surface area (Å²) in [6.07, 6.45) is -2.85. The van der Waals surface area contributed by atoms with Crippen molar-refractivity contribution < 1.29 is 18.0 Å². The Hall–Kier alpha value is -1.56. The Labute approximate surface area is 127 Å². The monoisotopic (exact) mass is 312 g/mol. The summed E-state index contributed by atoms with van der Waals surface area (Å²) >= 11 is 0. The van der Waals surface area contributed by atoms with Crippen molar-refractivity contribution in [2.24, 2.45) is 0 Å². The second-order valence-electron chi connectivity index (χ2n) is 6.46. The molecular weight excluding hydrogens is 293 g/mol. The molecule has 2 heterocycles. The summed E-state index contributed by atoms with van der Waals surface area (Å²) in [4.78, 5) is 14.7. The number of piperidine rings is 1. The van der Waals surface area contributed by atoms with Gasteiger partial charge in [0.25, 0.3) is 0 Å². The van der Waals surface area contributed by atoms with Gasteiger partial charge in [0.1, 0.15) is 0 Å². The molecule has 120 valence electrons. The average Bonchev–Trinajstić information content (AvgIpc) is 2.70. The van der Waals surface area contributed by atoms with Crippen molar-refractivity contribution in [3.05, 3.63) is 29.3 Å². The number of nitrogens with one attached hydrogen (secondary N) is 1. The molecule has 1 aromatic carbocycles. The van der Waals surface area contributed by atoms with Gasteiger partial charge < -0.3 is 5.32 Å². The van der Waals surface area contributed by atoms with Crippen molar-refractivity contribution in [2.75, 3.05) is 18.4 Å². The molecule has 1 N–H and O–H groups in total. The number of amides is 1. The molecule has 1 unspecified atom stereocenters. The van der Waals surface area contributed by atoms with Crippen molar-refractivity contribution in [3.63, 3.8) is 0 Å². The minimum Gasteiger partial charge on any atom is -0.325 e. The number of nitrogens with zero attached hydrogens (tertiary/aromatic N) is 1. The molecule has 1 atom stereocenters. The summed E-state index contributed by atoms with van der Waals surface area (Å²) in [5, 5.41) is 2.66. The van der Waals surface area contributed by atoms with Gasteiger partial charge in [0.05, 0.1) is 11.0 Å². The first kappa shape index (κ1) is 15.3.